The van der Waals surface area contributed by atoms with Crippen molar-refractivity contribution in [2.45, 2.75) is 387 Å². The number of ether oxygens (including phenoxy) is 4. The quantitative estimate of drug-likeness (QED) is 0.0169. The van der Waals surface area contributed by atoms with Crippen LogP contribution in [0.4, 0.5) is 0 Å². The summed E-state index contributed by atoms with van der Waals surface area (Å²) in [5.41, 5.74) is 0. The van der Waals surface area contributed by atoms with Crippen molar-refractivity contribution in [3.63, 3.8) is 0 Å². The average molecular weight is 1390 g/mol. The number of aliphatic hydroxyl groups excluding tert-OH is 1. The Bertz CT molecular complexity index is 1930. The molecule has 0 aliphatic rings. The molecular formula is C76H144O17P2. The Hall–Kier alpha value is -2.46. The summed E-state index contributed by atoms with van der Waals surface area (Å²) in [6, 6.07) is 0. The Morgan fingerprint density at radius 3 is 0.947 bits per heavy atom. The molecule has 6 atom stereocenters. The Labute approximate surface area is 580 Å². The molecule has 0 aliphatic heterocycles. The van der Waals surface area contributed by atoms with Crippen molar-refractivity contribution in [1.29, 1.82) is 0 Å². The highest BCUT2D eigenvalue weighted by atomic mass is 31.2. The number of carbonyl (C=O) groups is 4. The van der Waals surface area contributed by atoms with Crippen LogP contribution in [0, 0.1) is 11.8 Å². The van der Waals surface area contributed by atoms with Gasteiger partial charge in [0.2, 0.25) is 0 Å². The minimum absolute atomic E-state index is 0.101. The normalized spacial score (nSPS) is 14.5. The van der Waals surface area contributed by atoms with Crippen LogP contribution >= 0.6 is 15.6 Å². The first-order valence-corrected chi connectivity index (χ1v) is 41.8. The molecule has 0 rings (SSSR count). The van der Waals surface area contributed by atoms with Gasteiger partial charge in [0.25, 0.3) is 0 Å². The van der Waals surface area contributed by atoms with Gasteiger partial charge >= 0.3 is 39.5 Å². The van der Waals surface area contributed by atoms with Gasteiger partial charge in [-0.25, -0.2) is 9.13 Å². The first kappa shape index (κ1) is 92.5. The fourth-order valence-electron chi connectivity index (χ4n) is 11.1. The zero-order valence-electron chi connectivity index (χ0n) is 61.5. The predicted octanol–water partition coefficient (Wildman–Crippen LogP) is 21.9. The summed E-state index contributed by atoms with van der Waals surface area (Å²) in [5, 5.41) is 10.6. The fraction of sp³-hybridized carbons (Fsp3) is 0.895. The van der Waals surface area contributed by atoms with Crippen molar-refractivity contribution < 1.29 is 80.2 Å². The second-order valence-corrected chi connectivity index (χ2v) is 30.3. The van der Waals surface area contributed by atoms with E-state index >= 15 is 0 Å². The van der Waals surface area contributed by atoms with Gasteiger partial charge in [0, 0.05) is 25.7 Å². The lowest BCUT2D eigenvalue weighted by Crippen LogP contribution is -2.30. The first-order chi connectivity index (χ1) is 45.9. The van der Waals surface area contributed by atoms with Crippen molar-refractivity contribution in [2.24, 2.45) is 11.8 Å². The van der Waals surface area contributed by atoms with Gasteiger partial charge in [0.05, 0.1) is 26.4 Å². The standard InChI is InChI=1S/C76H144O17P2/c1-7-10-12-14-16-18-19-20-23-27-30-34-41-47-53-59-74(79)87-65-71(92-75(80)60-54-48-42-35-31-28-25-22-21-24-26-29-33-38-44-50-56-68(4)5)66-90-94(82,83)88-62-70(77)63-89-95(84,85)91-67-72(64-86-73(78)58-52-46-40-32-17-15-13-11-8-2)93-76(81)61-55-49-43-37-36-39-45-51-57-69(6)9-3/h18-20,23,68-72,77H,7-17,21-22,24-67H2,1-6H3,(H,82,83)(H,84,85)/b19-18-,23-20-/t69?,70-,71-,72-/m1/s1. The molecule has 0 bridgehead atoms. The lowest BCUT2D eigenvalue weighted by Gasteiger charge is -2.21. The Morgan fingerprint density at radius 2 is 0.621 bits per heavy atom. The Kier molecular flexibility index (Phi) is 65.6. The molecule has 0 saturated heterocycles. The number of esters is 4. The molecule has 0 heterocycles. The summed E-state index contributed by atoms with van der Waals surface area (Å²) in [4.78, 5) is 72.7. The number of phosphoric acid groups is 2. The molecule has 0 amide bonds. The third-order valence-electron chi connectivity index (χ3n) is 17.4. The van der Waals surface area contributed by atoms with Crippen LogP contribution in [0.15, 0.2) is 24.3 Å². The number of aliphatic hydroxyl groups is 1. The van der Waals surface area contributed by atoms with Crippen molar-refractivity contribution in [2.75, 3.05) is 39.6 Å². The number of rotatable bonds is 73. The third-order valence-corrected chi connectivity index (χ3v) is 19.3. The predicted molar refractivity (Wildman–Crippen MR) is 386 cm³/mol. The molecule has 95 heavy (non-hydrogen) atoms. The second kappa shape index (κ2) is 67.4. The van der Waals surface area contributed by atoms with Crippen molar-refractivity contribution in [3.8, 4) is 0 Å². The molecule has 3 unspecified atom stereocenters. The second-order valence-electron chi connectivity index (χ2n) is 27.4. The summed E-state index contributed by atoms with van der Waals surface area (Å²) < 4.78 is 68.4. The van der Waals surface area contributed by atoms with Crippen LogP contribution in [0.25, 0.3) is 0 Å². The molecule has 0 aromatic heterocycles. The lowest BCUT2D eigenvalue weighted by atomic mass is 9.99. The highest BCUT2D eigenvalue weighted by molar-refractivity contribution is 7.47. The maximum Gasteiger partial charge on any atom is 0.472 e. The topological polar surface area (TPSA) is 237 Å². The van der Waals surface area contributed by atoms with E-state index in [1.54, 1.807) is 0 Å². The van der Waals surface area contributed by atoms with Gasteiger partial charge in [0.1, 0.15) is 19.3 Å². The molecule has 560 valence electrons. The van der Waals surface area contributed by atoms with E-state index in [1.807, 2.05) is 0 Å². The van der Waals surface area contributed by atoms with Crippen molar-refractivity contribution in [1.82, 2.24) is 0 Å². The summed E-state index contributed by atoms with van der Waals surface area (Å²) in [5.74, 6) is -0.573. The van der Waals surface area contributed by atoms with Gasteiger partial charge in [-0.2, -0.15) is 0 Å². The van der Waals surface area contributed by atoms with E-state index in [4.69, 9.17) is 37.0 Å². The van der Waals surface area contributed by atoms with E-state index in [1.165, 1.54) is 167 Å². The molecule has 0 radical (unpaired) electrons. The maximum atomic E-state index is 13.1. The minimum Gasteiger partial charge on any atom is -0.462 e. The molecule has 19 heteroatoms. The number of carbonyl (C=O) groups excluding carboxylic acids is 4. The smallest absolute Gasteiger partial charge is 0.462 e. The van der Waals surface area contributed by atoms with Crippen LogP contribution in [-0.4, -0.2) is 96.7 Å². The van der Waals surface area contributed by atoms with Gasteiger partial charge in [0.15, 0.2) is 12.2 Å². The summed E-state index contributed by atoms with van der Waals surface area (Å²) in [6.07, 6.45) is 57.7. The Morgan fingerprint density at radius 1 is 0.347 bits per heavy atom. The van der Waals surface area contributed by atoms with Gasteiger partial charge < -0.3 is 33.8 Å². The number of hydrogen-bond acceptors (Lipinski definition) is 15. The van der Waals surface area contributed by atoms with E-state index in [9.17, 15) is 43.2 Å². The molecule has 0 aromatic rings. The van der Waals surface area contributed by atoms with Crippen LogP contribution in [0.3, 0.4) is 0 Å². The highest BCUT2D eigenvalue weighted by Crippen LogP contribution is 2.45. The number of allylic oxidation sites excluding steroid dienone is 4. The minimum atomic E-state index is -4.96. The summed E-state index contributed by atoms with van der Waals surface area (Å²) in [6.45, 7) is 9.53. The monoisotopic (exact) mass is 1390 g/mol. The first-order valence-electron chi connectivity index (χ1n) is 38.8. The van der Waals surface area contributed by atoms with Crippen LogP contribution < -0.4 is 0 Å². The van der Waals surface area contributed by atoms with E-state index < -0.39 is 97.5 Å². The van der Waals surface area contributed by atoms with Gasteiger partial charge in [-0.05, 0) is 63.2 Å². The van der Waals surface area contributed by atoms with E-state index in [0.717, 1.165) is 121 Å². The van der Waals surface area contributed by atoms with E-state index in [-0.39, 0.29) is 25.7 Å². The molecule has 0 aromatic carbocycles. The van der Waals surface area contributed by atoms with Crippen LogP contribution in [0.2, 0.25) is 0 Å². The average Bonchev–Trinajstić information content (AvgIpc) is 2.29. The highest BCUT2D eigenvalue weighted by Gasteiger charge is 2.30. The summed E-state index contributed by atoms with van der Waals surface area (Å²) >= 11 is 0. The maximum absolute atomic E-state index is 13.1. The van der Waals surface area contributed by atoms with Gasteiger partial charge in [-0.15, -0.1) is 0 Å². The fourth-order valence-corrected chi connectivity index (χ4v) is 12.7. The van der Waals surface area contributed by atoms with E-state index in [2.05, 4.69) is 65.8 Å². The largest absolute Gasteiger partial charge is 0.472 e. The van der Waals surface area contributed by atoms with Crippen molar-refractivity contribution in [3.05, 3.63) is 24.3 Å². The number of hydrogen-bond donors (Lipinski definition) is 3. The number of phosphoric ester groups is 2. The lowest BCUT2D eigenvalue weighted by molar-refractivity contribution is -0.161. The zero-order valence-corrected chi connectivity index (χ0v) is 63.2. The van der Waals surface area contributed by atoms with E-state index in [0.29, 0.717) is 25.7 Å². The molecule has 0 aliphatic carbocycles. The van der Waals surface area contributed by atoms with Crippen molar-refractivity contribution >= 4 is 39.5 Å². The molecule has 0 saturated carbocycles. The number of unbranched alkanes of at least 4 members (excludes halogenated alkanes) is 39. The molecule has 0 spiro atoms. The molecule has 17 nitrogen and oxygen atoms in total. The Balaban J connectivity index is 5.26. The molecular weight excluding hydrogens is 1250 g/mol. The van der Waals surface area contributed by atoms with Crippen LogP contribution in [0.1, 0.15) is 369 Å². The third kappa shape index (κ3) is 68.5. The SMILES string of the molecule is CCCCCC/C=C\C=C/CCCCCCCC(=O)OC[C@H](COP(=O)(O)OC[C@@H](O)COP(=O)(O)OC[C@@H](COC(=O)CCCCCCCCCCC)OC(=O)CCCCCCCCCCC(C)CC)OC(=O)CCCCCCCCCCCCCCCCCCC(C)C. The molecule has 3 N–H and O–H groups in total. The van der Waals surface area contributed by atoms with Crippen LogP contribution in [-0.2, 0) is 65.4 Å². The van der Waals surface area contributed by atoms with Gasteiger partial charge in [-0.3, -0.25) is 37.3 Å². The zero-order chi connectivity index (χ0) is 70.0. The van der Waals surface area contributed by atoms with Gasteiger partial charge in [-0.1, -0.05) is 316 Å². The molecule has 0 fully saturated rings. The summed E-state index contributed by atoms with van der Waals surface area (Å²) in [7, 11) is -9.92. The van der Waals surface area contributed by atoms with Crippen LogP contribution in [0.5, 0.6) is 0 Å².